The van der Waals surface area contributed by atoms with Crippen LogP contribution >= 0.6 is 0 Å². The Morgan fingerprint density at radius 3 is 0.314 bits per heavy atom. The van der Waals surface area contributed by atoms with E-state index in [1.807, 2.05) is 0 Å². The second kappa shape index (κ2) is 13.0. The van der Waals surface area contributed by atoms with Gasteiger partial charge in [0.15, 0.2) is 0 Å². The summed E-state index contributed by atoms with van der Waals surface area (Å²) < 4.78 is 0. The molecule has 0 aromatic rings. The molecule has 10 aliphatic rings. The first kappa shape index (κ1) is 35.4. The fourth-order valence-corrected chi connectivity index (χ4v) is 17.6. The van der Waals surface area contributed by atoms with Crippen molar-refractivity contribution in [3.63, 3.8) is 0 Å². The molecule has 0 aromatic carbocycles. The van der Waals surface area contributed by atoms with E-state index in [2.05, 4.69) is 0 Å². The zero-order valence-electron chi connectivity index (χ0n) is 34.2. The van der Waals surface area contributed by atoms with Crippen LogP contribution < -0.4 is 0 Å². The number of hydrogen-bond acceptors (Lipinski definition) is 0. The van der Waals surface area contributed by atoms with Gasteiger partial charge in [-0.15, -0.1) is 0 Å². The average Bonchev–Trinajstić information content (AvgIpc) is 3.19. The molecule has 0 heterocycles. The molecule has 9 spiro atoms. The van der Waals surface area contributed by atoms with Gasteiger partial charge in [-0.1, -0.05) is 38.5 Å². The fourth-order valence-electron chi connectivity index (χ4n) is 17.6. The van der Waals surface area contributed by atoms with Crippen molar-refractivity contribution < 1.29 is 0 Å². The van der Waals surface area contributed by atoms with Gasteiger partial charge in [0.05, 0.1) is 0 Å². The first-order valence-corrected chi connectivity index (χ1v) is 24.7. The second-order valence-corrected chi connectivity index (χ2v) is 24.6. The molecule has 0 unspecified atom stereocenters. The van der Waals surface area contributed by atoms with Crippen molar-refractivity contribution in [1.82, 2.24) is 0 Å². The van der Waals surface area contributed by atoms with Gasteiger partial charge in [-0.05, 0) is 280 Å². The molecule has 0 heteroatoms. The average molecular weight is 697 g/mol. The number of hydrogen-bond donors (Lipinski definition) is 0. The lowest BCUT2D eigenvalue weighted by Crippen LogP contribution is -2.46. The molecule has 10 rings (SSSR count). The highest BCUT2D eigenvalue weighted by atomic mass is 14.6. The van der Waals surface area contributed by atoms with Gasteiger partial charge in [-0.3, -0.25) is 0 Å². The van der Waals surface area contributed by atoms with Crippen LogP contribution in [0, 0.1) is 48.7 Å². The normalized spacial score (nSPS) is 36.7. The molecule has 0 radical (unpaired) electrons. The molecule has 0 N–H and O–H groups in total. The Bertz CT molecular complexity index is 1050. The maximum atomic E-state index is 1.62. The lowest BCUT2D eigenvalue weighted by atomic mass is 9.46. The van der Waals surface area contributed by atoms with E-state index in [0.717, 1.165) is 48.7 Å². The Labute approximate surface area is 317 Å². The molecule has 10 aliphatic carbocycles. The molecule has 51 heavy (non-hydrogen) atoms. The van der Waals surface area contributed by atoms with E-state index in [9.17, 15) is 0 Å². The van der Waals surface area contributed by atoms with Gasteiger partial charge in [0, 0.05) is 0 Å². The molecular formula is C51H84. The van der Waals surface area contributed by atoms with Crippen molar-refractivity contribution in [2.24, 2.45) is 48.7 Å². The minimum Gasteiger partial charge on any atom is -0.0533 e. The molecule has 0 aliphatic heterocycles. The van der Waals surface area contributed by atoms with Crippen LogP contribution in [0.4, 0.5) is 0 Å². The molecule has 0 nitrogen and oxygen atoms in total. The largest absolute Gasteiger partial charge is 0.0533 e. The summed E-state index contributed by atoms with van der Waals surface area (Å²) in [7, 11) is 0. The maximum Gasteiger partial charge on any atom is -0.0297 e. The molecule has 0 bridgehead atoms. The van der Waals surface area contributed by atoms with Crippen molar-refractivity contribution in [2.75, 3.05) is 0 Å². The standard InChI is InChI=1S/C51H84/c1-3-7-43(8-4-1)11-15-45(16-12-43)19-23-47(24-20-45)27-31-49(32-28-47)35-39-51(40-36-49)41-37-50(38-42-51)33-29-48(30-34-50)25-21-46(22-26-48)17-13-44(14-18-46)9-5-2-6-10-44/h1-42H2. The van der Waals surface area contributed by atoms with Crippen LogP contribution in [-0.4, -0.2) is 0 Å². The van der Waals surface area contributed by atoms with Crippen molar-refractivity contribution in [2.45, 2.75) is 270 Å². The Kier molecular flexibility index (Phi) is 9.05. The topological polar surface area (TPSA) is 0 Å². The Morgan fingerprint density at radius 1 is 0.0980 bits per heavy atom. The predicted octanol–water partition coefficient (Wildman–Crippen LogP) is 16.4. The molecule has 0 amide bonds. The third-order valence-corrected chi connectivity index (χ3v) is 22.8. The molecule has 0 aromatic heterocycles. The van der Waals surface area contributed by atoms with Gasteiger partial charge < -0.3 is 0 Å². The summed E-state index contributed by atoms with van der Waals surface area (Å²) in [6, 6.07) is 0. The molecule has 0 saturated heterocycles. The van der Waals surface area contributed by atoms with Crippen molar-refractivity contribution in [1.29, 1.82) is 0 Å². The maximum absolute atomic E-state index is 1.62. The molecular weight excluding hydrogens is 613 g/mol. The minimum atomic E-state index is 0.766. The van der Waals surface area contributed by atoms with E-state index in [1.54, 1.807) is 257 Å². The summed E-state index contributed by atoms with van der Waals surface area (Å²) in [6.45, 7) is 0. The van der Waals surface area contributed by atoms with E-state index in [0.29, 0.717) is 0 Å². The summed E-state index contributed by atoms with van der Waals surface area (Å²) >= 11 is 0. The first-order valence-electron chi connectivity index (χ1n) is 24.7. The van der Waals surface area contributed by atoms with Gasteiger partial charge >= 0.3 is 0 Å². The highest BCUT2D eigenvalue weighted by molar-refractivity contribution is 5.07. The molecule has 288 valence electrons. The predicted molar refractivity (Wildman–Crippen MR) is 216 cm³/mol. The SMILES string of the molecule is C1CCC2(CC1)CCC1(CC2)CCC2(CC1)CCC1(CC2)CCC2(CC1)CCC1(CCC3(CCC4(CCC5(CCCCC5)CC4)CC3)CC1)CC2. The van der Waals surface area contributed by atoms with Crippen LogP contribution in [0.5, 0.6) is 0 Å². The number of rotatable bonds is 0. The van der Waals surface area contributed by atoms with E-state index in [1.165, 1.54) is 12.8 Å². The zero-order valence-corrected chi connectivity index (χ0v) is 34.2. The van der Waals surface area contributed by atoms with E-state index in [4.69, 9.17) is 0 Å². The highest BCUT2D eigenvalue weighted by Crippen LogP contribution is 2.68. The van der Waals surface area contributed by atoms with Crippen LogP contribution in [0.1, 0.15) is 270 Å². The van der Waals surface area contributed by atoms with E-state index in [-0.39, 0.29) is 0 Å². The van der Waals surface area contributed by atoms with Crippen LogP contribution in [0.25, 0.3) is 0 Å². The van der Waals surface area contributed by atoms with Gasteiger partial charge in [-0.25, -0.2) is 0 Å². The minimum absolute atomic E-state index is 0.766. The van der Waals surface area contributed by atoms with Crippen LogP contribution in [0.2, 0.25) is 0 Å². The lowest BCUT2D eigenvalue weighted by Gasteiger charge is -2.59. The fraction of sp³-hybridized carbons (Fsp3) is 1.00. The van der Waals surface area contributed by atoms with E-state index >= 15 is 0 Å². The van der Waals surface area contributed by atoms with E-state index < -0.39 is 0 Å². The summed E-state index contributed by atoms with van der Waals surface area (Å²) in [6.07, 6.45) is 67.2. The third-order valence-electron chi connectivity index (χ3n) is 22.8. The van der Waals surface area contributed by atoms with Gasteiger partial charge in [0.1, 0.15) is 0 Å². The molecule has 0 atom stereocenters. The van der Waals surface area contributed by atoms with Crippen molar-refractivity contribution in [3.8, 4) is 0 Å². The first-order chi connectivity index (χ1) is 24.7. The quantitative estimate of drug-likeness (QED) is 0.236. The van der Waals surface area contributed by atoms with Crippen LogP contribution in [0.15, 0.2) is 0 Å². The van der Waals surface area contributed by atoms with Gasteiger partial charge in [0.2, 0.25) is 0 Å². The monoisotopic (exact) mass is 697 g/mol. The van der Waals surface area contributed by atoms with Crippen LogP contribution in [-0.2, 0) is 0 Å². The van der Waals surface area contributed by atoms with Gasteiger partial charge in [0.25, 0.3) is 0 Å². The highest BCUT2D eigenvalue weighted by Gasteiger charge is 2.55. The summed E-state index contributed by atoms with van der Waals surface area (Å²) in [5, 5.41) is 0. The van der Waals surface area contributed by atoms with Gasteiger partial charge in [-0.2, -0.15) is 0 Å². The Hall–Kier alpha value is 0. The summed E-state index contributed by atoms with van der Waals surface area (Å²) in [5.74, 6) is 0. The zero-order chi connectivity index (χ0) is 34.2. The smallest absolute Gasteiger partial charge is 0.0297 e. The molecule has 10 fully saturated rings. The lowest BCUT2D eigenvalue weighted by molar-refractivity contribution is -0.0717. The summed E-state index contributed by atoms with van der Waals surface area (Å²) in [4.78, 5) is 0. The third kappa shape index (κ3) is 6.61. The summed E-state index contributed by atoms with van der Waals surface area (Å²) in [5.41, 5.74) is 7.02. The Balaban J connectivity index is 0.660. The van der Waals surface area contributed by atoms with Crippen molar-refractivity contribution >= 4 is 0 Å². The second-order valence-electron chi connectivity index (χ2n) is 24.6. The van der Waals surface area contributed by atoms with Crippen LogP contribution in [0.3, 0.4) is 0 Å². The molecule has 10 saturated carbocycles. The Morgan fingerprint density at radius 2 is 0.196 bits per heavy atom. The van der Waals surface area contributed by atoms with Crippen molar-refractivity contribution in [3.05, 3.63) is 0 Å².